The topological polar surface area (TPSA) is 123 Å². The van der Waals surface area contributed by atoms with E-state index in [1.807, 2.05) is 24.3 Å². The fraction of sp³-hybridized carbons (Fsp3) is 0.333. The number of thiophene rings is 1. The predicted octanol–water partition coefficient (Wildman–Crippen LogP) is 7.43. The maximum Gasteiger partial charge on any atom is 0.262 e. The van der Waals surface area contributed by atoms with Gasteiger partial charge in [-0.15, -0.1) is 11.3 Å². The highest BCUT2D eigenvalue weighted by molar-refractivity contribution is 7.22. The summed E-state index contributed by atoms with van der Waals surface area (Å²) in [5, 5.41) is 13.2. The summed E-state index contributed by atoms with van der Waals surface area (Å²) in [7, 11) is 0. The summed E-state index contributed by atoms with van der Waals surface area (Å²) in [6, 6.07) is 24.2. The molecule has 11 nitrogen and oxygen atoms in total. The van der Waals surface area contributed by atoms with Crippen molar-refractivity contribution in [2.75, 3.05) is 55.6 Å². The monoisotopic (exact) mass is 801 g/mol. The van der Waals surface area contributed by atoms with Gasteiger partial charge < -0.3 is 19.6 Å². The van der Waals surface area contributed by atoms with Crippen LogP contribution in [0.1, 0.15) is 59.2 Å². The number of amides is 4. The zero-order chi connectivity index (χ0) is 39.9. The van der Waals surface area contributed by atoms with Gasteiger partial charge in [0, 0.05) is 67.2 Å². The van der Waals surface area contributed by atoms with Gasteiger partial charge in [-0.25, -0.2) is 4.39 Å². The highest BCUT2D eigenvalue weighted by Gasteiger charge is 2.45. The van der Waals surface area contributed by atoms with Crippen LogP contribution < -0.4 is 19.9 Å². The van der Waals surface area contributed by atoms with Crippen molar-refractivity contribution in [1.82, 2.24) is 15.1 Å². The number of anilines is 2. The molecule has 2 N–H and O–H groups in total. The van der Waals surface area contributed by atoms with Crippen molar-refractivity contribution in [2.45, 2.75) is 44.6 Å². The van der Waals surface area contributed by atoms with E-state index in [-0.39, 0.29) is 30.3 Å². The minimum Gasteiger partial charge on any atom is -0.508 e. The van der Waals surface area contributed by atoms with Crippen LogP contribution in [-0.2, 0) is 9.59 Å². The van der Waals surface area contributed by atoms with E-state index in [0.29, 0.717) is 28.5 Å². The number of nitrogens with one attached hydrogen (secondary N) is 1. The van der Waals surface area contributed by atoms with Crippen LogP contribution in [0.15, 0.2) is 84.9 Å². The molecule has 1 atom stereocenters. The lowest BCUT2D eigenvalue weighted by molar-refractivity contribution is -0.136. The molecule has 5 heterocycles. The second kappa shape index (κ2) is 15.9. The van der Waals surface area contributed by atoms with Crippen molar-refractivity contribution in [1.29, 1.82) is 0 Å². The van der Waals surface area contributed by atoms with E-state index in [4.69, 9.17) is 4.74 Å². The van der Waals surface area contributed by atoms with Crippen LogP contribution in [0.2, 0.25) is 0 Å². The molecule has 0 spiro atoms. The normalized spacial score (nSPS) is 19.3. The summed E-state index contributed by atoms with van der Waals surface area (Å²) < 4.78 is 21.1. The summed E-state index contributed by atoms with van der Waals surface area (Å²) in [6.45, 7) is 6.76. The van der Waals surface area contributed by atoms with E-state index in [1.165, 1.54) is 29.9 Å². The number of nitrogens with zero attached hydrogens (tertiary/aromatic N) is 4. The van der Waals surface area contributed by atoms with Gasteiger partial charge in [0.05, 0.1) is 16.0 Å². The molecule has 4 aliphatic rings. The molecule has 0 saturated carbocycles. The maximum atomic E-state index is 13.7. The molecule has 58 heavy (non-hydrogen) atoms. The highest BCUT2D eigenvalue weighted by Crippen LogP contribution is 2.47. The Morgan fingerprint density at radius 2 is 1.47 bits per heavy atom. The molecule has 0 bridgehead atoms. The molecule has 13 heteroatoms. The Bertz CT molecular complexity index is 2390. The fourth-order valence-corrected chi connectivity index (χ4v) is 9.93. The molecule has 4 aromatic carbocycles. The van der Waals surface area contributed by atoms with Crippen LogP contribution in [0.4, 0.5) is 15.8 Å². The number of carbonyl (C=O) groups is 4. The Balaban J connectivity index is 0.732. The number of piperidine rings is 2. The third kappa shape index (κ3) is 7.51. The number of benzene rings is 4. The van der Waals surface area contributed by atoms with Gasteiger partial charge in [-0.3, -0.25) is 34.3 Å². The van der Waals surface area contributed by atoms with Crippen molar-refractivity contribution in [2.24, 2.45) is 5.92 Å². The summed E-state index contributed by atoms with van der Waals surface area (Å²) in [6.07, 6.45) is 4.71. The van der Waals surface area contributed by atoms with E-state index in [1.54, 1.807) is 36.4 Å². The molecule has 4 aliphatic heterocycles. The predicted molar refractivity (Wildman–Crippen MR) is 221 cm³/mol. The number of halogens is 1. The molecular weight excluding hydrogens is 758 g/mol. The number of aromatic hydroxyl groups is 1. The van der Waals surface area contributed by atoms with Crippen LogP contribution >= 0.6 is 11.3 Å². The van der Waals surface area contributed by atoms with Gasteiger partial charge in [-0.05, 0) is 123 Å². The molecule has 9 rings (SSSR count). The number of hydrogen-bond donors (Lipinski definition) is 2. The molecule has 5 aromatic rings. The third-order valence-electron chi connectivity index (χ3n) is 12.0. The van der Waals surface area contributed by atoms with Gasteiger partial charge in [0.25, 0.3) is 11.8 Å². The standard InChI is InChI=1S/C45H44FN5O6S/c46-30-5-3-29(4-6-30)42-41(36-14-10-33(52)27-39(36)58-42)57-34-11-7-31(8-12-34)50-24-22-48(23-25-50)19-1-2-28-17-20-49(21-18-28)32-9-13-35-37(26-32)45(56)51(44(35)55)38-15-16-40(53)47-43(38)54/h3-14,26-28,38,52H,1-2,15-25H2,(H,47,53,54). The van der Waals surface area contributed by atoms with Crippen LogP contribution in [-0.4, -0.2) is 90.4 Å². The van der Waals surface area contributed by atoms with E-state index in [0.717, 1.165) is 102 Å². The summed E-state index contributed by atoms with van der Waals surface area (Å²) >= 11 is 1.51. The second-order valence-electron chi connectivity index (χ2n) is 15.6. The average molecular weight is 802 g/mol. The quantitative estimate of drug-likeness (QED) is 0.139. The van der Waals surface area contributed by atoms with E-state index < -0.39 is 23.8 Å². The molecule has 4 amide bonds. The lowest BCUT2D eigenvalue weighted by atomic mass is 9.91. The molecule has 1 unspecified atom stereocenters. The van der Waals surface area contributed by atoms with Crippen molar-refractivity contribution in [3.05, 3.63) is 102 Å². The number of hydrogen-bond acceptors (Lipinski definition) is 10. The van der Waals surface area contributed by atoms with Crippen molar-refractivity contribution < 1.29 is 33.4 Å². The Morgan fingerprint density at radius 3 is 2.21 bits per heavy atom. The van der Waals surface area contributed by atoms with Gasteiger partial charge in [0.15, 0.2) is 5.75 Å². The molecule has 298 valence electrons. The number of fused-ring (bicyclic) bond motifs is 2. The molecule has 0 radical (unpaired) electrons. The molecule has 3 fully saturated rings. The Hall–Kier alpha value is -5.79. The first-order valence-electron chi connectivity index (χ1n) is 20.1. The number of rotatable bonds is 10. The van der Waals surface area contributed by atoms with Crippen LogP contribution in [0, 0.1) is 11.7 Å². The number of imide groups is 2. The fourth-order valence-electron chi connectivity index (χ4n) is 8.77. The first kappa shape index (κ1) is 37.8. The Labute approximate surface area is 339 Å². The van der Waals surface area contributed by atoms with Crippen LogP contribution in [0.25, 0.3) is 20.5 Å². The van der Waals surface area contributed by atoms with E-state index in [9.17, 15) is 28.7 Å². The lowest BCUT2D eigenvalue weighted by Gasteiger charge is -2.37. The second-order valence-corrected chi connectivity index (χ2v) is 16.7. The number of ether oxygens (including phenoxy) is 1. The smallest absolute Gasteiger partial charge is 0.262 e. The lowest BCUT2D eigenvalue weighted by Crippen LogP contribution is -2.54. The maximum absolute atomic E-state index is 13.7. The molecule has 0 aliphatic carbocycles. The van der Waals surface area contributed by atoms with E-state index >= 15 is 0 Å². The number of phenols is 1. The van der Waals surface area contributed by atoms with Crippen molar-refractivity contribution >= 4 is 56.4 Å². The van der Waals surface area contributed by atoms with E-state index in [2.05, 4.69) is 32.1 Å². The number of phenolic OH excluding ortho intramolecular Hbond substituents is 1. The summed E-state index contributed by atoms with van der Waals surface area (Å²) in [5.74, 6) is -0.00158. The summed E-state index contributed by atoms with van der Waals surface area (Å²) in [5.41, 5.74) is 3.56. The zero-order valence-corrected chi connectivity index (χ0v) is 32.8. The first-order valence-corrected chi connectivity index (χ1v) is 20.9. The highest BCUT2D eigenvalue weighted by atomic mass is 32.1. The molecular formula is C45H44FN5O6S. The molecule has 1 aromatic heterocycles. The first-order chi connectivity index (χ1) is 28.2. The summed E-state index contributed by atoms with van der Waals surface area (Å²) in [4.78, 5) is 59.6. The van der Waals surface area contributed by atoms with Crippen molar-refractivity contribution in [3.63, 3.8) is 0 Å². The number of piperazine rings is 1. The zero-order valence-electron chi connectivity index (χ0n) is 32.0. The van der Waals surface area contributed by atoms with Crippen LogP contribution in [0.3, 0.4) is 0 Å². The van der Waals surface area contributed by atoms with Gasteiger partial charge in [-0.2, -0.15) is 0 Å². The van der Waals surface area contributed by atoms with Crippen LogP contribution in [0.5, 0.6) is 17.2 Å². The SMILES string of the molecule is O=C1CCC(N2C(=O)c3ccc(N4CCC(CCCN5CCN(c6ccc(Oc7c(-c8ccc(F)cc8)sc8cc(O)ccc78)cc6)CC5)CC4)cc3C2=O)C(=O)N1. The largest absolute Gasteiger partial charge is 0.508 e. The van der Waals surface area contributed by atoms with Gasteiger partial charge >= 0.3 is 0 Å². The Morgan fingerprint density at radius 1 is 0.759 bits per heavy atom. The number of carbonyl (C=O) groups excluding carboxylic acids is 4. The van der Waals surface area contributed by atoms with Gasteiger partial charge in [-0.1, -0.05) is 12.1 Å². The molecule has 3 saturated heterocycles. The Kier molecular flexibility index (Phi) is 10.3. The van der Waals surface area contributed by atoms with Gasteiger partial charge in [0.2, 0.25) is 11.8 Å². The third-order valence-corrected chi connectivity index (χ3v) is 13.2. The van der Waals surface area contributed by atoms with Crippen molar-refractivity contribution in [3.8, 4) is 27.7 Å². The average Bonchev–Trinajstić information content (AvgIpc) is 3.71. The van der Waals surface area contributed by atoms with Gasteiger partial charge in [0.1, 0.15) is 23.4 Å². The minimum absolute atomic E-state index is 0.0989. The minimum atomic E-state index is -0.962.